The number of fused-ring (bicyclic) bond motifs is 3. The topological polar surface area (TPSA) is 73.6 Å². The maximum Gasteiger partial charge on any atom is 0.292 e. The van der Waals surface area contributed by atoms with Crippen LogP contribution in [0.5, 0.6) is 0 Å². The van der Waals surface area contributed by atoms with Gasteiger partial charge in [-0.3, -0.25) is 4.79 Å². The number of rotatable bonds is 3. The lowest BCUT2D eigenvalue weighted by molar-refractivity contribution is 0.740. The molecule has 0 amide bonds. The molecule has 3 heterocycles. The predicted octanol–water partition coefficient (Wildman–Crippen LogP) is 5.77. The molecule has 0 unspecified atom stereocenters. The molecule has 33 heavy (non-hydrogen) atoms. The van der Waals surface area contributed by atoms with Crippen LogP contribution in [0.4, 0.5) is 0 Å². The fraction of sp³-hybridized carbons (Fsp3) is 0. The fourth-order valence-electron chi connectivity index (χ4n) is 3.87. The Hall–Kier alpha value is -3.94. The molecule has 3 aromatic heterocycles. The van der Waals surface area contributed by atoms with E-state index in [2.05, 4.69) is 20.5 Å². The van der Waals surface area contributed by atoms with Crippen molar-refractivity contribution in [3.05, 3.63) is 100 Å². The third-order valence-electron chi connectivity index (χ3n) is 5.39. The Morgan fingerprint density at radius 3 is 2.12 bits per heavy atom. The van der Waals surface area contributed by atoms with Crippen LogP contribution in [0.15, 0.2) is 89.7 Å². The highest BCUT2D eigenvalue weighted by Crippen LogP contribution is 2.40. The molecule has 0 saturated heterocycles. The van der Waals surface area contributed by atoms with Gasteiger partial charge in [0, 0.05) is 16.1 Å². The number of hydrogen-bond donors (Lipinski definition) is 0. The second-order valence-corrected chi connectivity index (χ2v) is 8.83. The van der Waals surface area contributed by atoms with Gasteiger partial charge in [0.05, 0.1) is 11.1 Å². The molecule has 0 atom stereocenters. The summed E-state index contributed by atoms with van der Waals surface area (Å²) in [6, 6.07) is 26.7. The van der Waals surface area contributed by atoms with Crippen LogP contribution >= 0.6 is 22.9 Å². The summed E-state index contributed by atoms with van der Waals surface area (Å²) in [6.07, 6.45) is 0. The lowest BCUT2D eigenvalue weighted by atomic mass is 9.97. The average Bonchev–Trinajstić information content (AvgIpc) is 3.25. The molecule has 0 radical (unpaired) electrons. The van der Waals surface area contributed by atoms with Crippen LogP contribution in [0, 0.1) is 0 Å². The standard InChI is InChI=1S/C25H14ClN5OS/c26-17-11-13-18(14-12-17)31-25(32)23-22(28-30-31)20-19(15-7-3-1-4-8-15)21(27-29-24(20)33-23)16-9-5-2-6-10-16/h1-14H. The van der Waals surface area contributed by atoms with Gasteiger partial charge in [-0.1, -0.05) is 77.5 Å². The highest BCUT2D eigenvalue weighted by molar-refractivity contribution is 7.25. The van der Waals surface area contributed by atoms with Crippen LogP contribution in [0.25, 0.3) is 48.5 Å². The van der Waals surface area contributed by atoms with Crippen LogP contribution in [-0.2, 0) is 0 Å². The van der Waals surface area contributed by atoms with E-state index in [1.54, 1.807) is 24.3 Å². The van der Waals surface area contributed by atoms with Gasteiger partial charge in [-0.25, -0.2) is 0 Å². The van der Waals surface area contributed by atoms with Crippen LogP contribution in [0.2, 0.25) is 5.02 Å². The van der Waals surface area contributed by atoms with Crippen molar-refractivity contribution in [2.75, 3.05) is 0 Å². The van der Waals surface area contributed by atoms with Gasteiger partial charge in [0.25, 0.3) is 5.56 Å². The fourth-order valence-corrected chi connectivity index (χ4v) is 4.99. The minimum Gasteiger partial charge on any atom is -0.266 e. The predicted molar refractivity (Wildman–Crippen MR) is 132 cm³/mol. The van der Waals surface area contributed by atoms with E-state index in [0.717, 1.165) is 27.8 Å². The summed E-state index contributed by atoms with van der Waals surface area (Å²) in [7, 11) is 0. The van der Waals surface area contributed by atoms with Crippen LogP contribution in [0.3, 0.4) is 0 Å². The summed E-state index contributed by atoms with van der Waals surface area (Å²) in [5.41, 5.74) is 4.39. The zero-order valence-corrected chi connectivity index (χ0v) is 18.6. The molecule has 0 N–H and O–H groups in total. The van der Waals surface area contributed by atoms with Crippen LogP contribution in [0.1, 0.15) is 0 Å². The monoisotopic (exact) mass is 467 g/mol. The minimum atomic E-state index is -0.259. The molecule has 0 bridgehead atoms. The highest BCUT2D eigenvalue weighted by Gasteiger charge is 2.22. The molecule has 0 aliphatic rings. The van der Waals surface area contributed by atoms with E-state index >= 15 is 0 Å². The van der Waals surface area contributed by atoms with Crippen LogP contribution < -0.4 is 5.56 Å². The average molecular weight is 468 g/mol. The molecule has 0 aliphatic heterocycles. The zero-order chi connectivity index (χ0) is 22.4. The van der Waals surface area contributed by atoms with Gasteiger partial charge in [-0.05, 0) is 29.8 Å². The van der Waals surface area contributed by atoms with E-state index in [4.69, 9.17) is 11.6 Å². The summed E-state index contributed by atoms with van der Waals surface area (Å²) >= 11 is 7.27. The van der Waals surface area contributed by atoms with E-state index in [1.807, 2.05) is 60.7 Å². The summed E-state index contributed by atoms with van der Waals surface area (Å²) in [4.78, 5) is 14.0. The first-order valence-electron chi connectivity index (χ1n) is 10.2. The summed E-state index contributed by atoms with van der Waals surface area (Å²) in [6.45, 7) is 0. The number of nitrogens with zero attached hydrogens (tertiary/aromatic N) is 5. The van der Waals surface area contributed by atoms with Crippen molar-refractivity contribution < 1.29 is 0 Å². The van der Waals surface area contributed by atoms with Crippen molar-refractivity contribution in [2.45, 2.75) is 0 Å². The Morgan fingerprint density at radius 2 is 1.42 bits per heavy atom. The van der Waals surface area contributed by atoms with E-state index < -0.39 is 0 Å². The SMILES string of the molecule is O=c1c2sc3nnc(-c4ccccc4)c(-c4ccccc4)c3c2nnn1-c1ccc(Cl)cc1. The number of benzene rings is 3. The van der Waals surface area contributed by atoms with Crippen molar-refractivity contribution >= 4 is 43.4 Å². The second kappa shape index (κ2) is 7.88. The Kier molecular flexibility index (Phi) is 4.71. The molecular formula is C25H14ClN5OS. The second-order valence-electron chi connectivity index (χ2n) is 7.40. The van der Waals surface area contributed by atoms with Gasteiger partial charge in [-0.2, -0.15) is 4.68 Å². The molecule has 6 nitrogen and oxygen atoms in total. The molecule has 6 rings (SSSR count). The Bertz CT molecular complexity index is 1680. The Balaban J connectivity index is 1.69. The van der Waals surface area contributed by atoms with E-state index in [-0.39, 0.29) is 5.56 Å². The normalized spacial score (nSPS) is 11.3. The molecule has 3 aromatic carbocycles. The zero-order valence-electron chi connectivity index (χ0n) is 17.0. The summed E-state index contributed by atoms with van der Waals surface area (Å²) in [5, 5.41) is 19.1. The third kappa shape index (κ3) is 3.29. The van der Waals surface area contributed by atoms with Crippen molar-refractivity contribution in [2.24, 2.45) is 0 Å². The van der Waals surface area contributed by atoms with Gasteiger partial charge in [0.15, 0.2) is 0 Å². The Morgan fingerprint density at radius 1 is 0.758 bits per heavy atom. The number of thiophene rings is 1. The number of halogens is 1. The van der Waals surface area contributed by atoms with Crippen molar-refractivity contribution in [1.82, 2.24) is 25.2 Å². The first kappa shape index (κ1) is 19.7. The van der Waals surface area contributed by atoms with Gasteiger partial charge >= 0.3 is 0 Å². The molecular weight excluding hydrogens is 454 g/mol. The Labute approximate surface area is 196 Å². The molecule has 0 spiro atoms. The lowest BCUT2D eigenvalue weighted by Crippen LogP contribution is -2.21. The van der Waals surface area contributed by atoms with E-state index in [1.165, 1.54) is 16.0 Å². The largest absolute Gasteiger partial charge is 0.292 e. The van der Waals surface area contributed by atoms with E-state index in [0.29, 0.717) is 25.8 Å². The summed E-state index contributed by atoms with van der Waals surface area (Å²) < 4.78 is 1.76. The lowest BCUT2D eigenvalue weighted by Gasteiger charge is -2.10. The van der Waals surface area contributed by atoms with Gasteiger partial charge in [0.1, 0.15) is 20.7 Å². The first-order chi connectivity index (χ1) is 16.2. The minimum absolute atomic E-state index is 0.259. The van der Waals surface area contributed by atoms with Gasteiger partial charge in [0.2, 0.25) is 0 Å². The highest BCUT2D eigenvalue weighted by atomic mass is 35.5. The van der Waals surface area contributed by atoms with Crippen molar-refractivity contribution in [3.8, 4) is 28.1 Å². The molecule has 8 heteroatoms. The maximum absolute atomic E-state index is 13.4. The molecule has 0 fully saturated rings. The molecule has 0 aliphatic carbocycles. The number of aromatic nitrogens is 5. The number of hydrogen-bond acceptors (Lipinski definition) is 6. The van der Waals surface area contributed by atoms with E-state index in [9.17, 15) is 4.79 Å². The first-order valence-corrected chi connectivity index (χ1v) is 11.4. The van der Waals surface area contributed by atoms with Crippen LogP contribution in [-0.4, -0.2) is 25.2 Å². The summed E-state index contributed by atoms with van der Waals surface area (Å²) in [5.74, 6) is 0. The van der Waals surface area contributed by atoms with Crippen molar-refractivity contribution in [3.63, 3.8) is 0 Å². The maximum atomic E-state index is 13.4. The molecule has 158 valence electrons. The quantitative estimate of drug-likeness (QED) is 0.330. The smallest absolute Gasteiger partial charge is 0.266 e. The molecule has 6 aromatic rings. The van der Waals surface area contributed by atoms with Crippen molar-refractivity contribution in [1.29, 1.82) is 0 Å². The third-order valence-corrected chi connectivity index (χ3v) is 6.70. The van der Waals surface area contributed by atoms with Gasteiger partial charge in [-0.15, -0.1) is 26.6 Å². The van der Waals surface area contributed by atoms with Gasteiger partial charge < -0.3 is 0 Å². The molecule has 0 saturated carbocycles.